The lowest BCUT2D eigenvalue weighted by Gasteiger charge is -2.16. The van der Waals surface area contributed by atoms with Gasteiger partial charge in [-0.15, -0.1) is 11.3 Å². The van der Waals surface area contributed by atoms with Crippen LogP contribution in [0.4, 0.5) is 0 Å². The second-order valence-corrected chi connectivity index (χ2v) is 7.42. The highest BCUT2D eigenvalue weighted by Crippen LogP contribution is 2.47. The molecule has 24 heavy (non-hydrogen) atoms. The first-order valence-electron chi connectivity index (χ1n) is 8.18. The molecule has 1 aromatic carbocycles. The van der Waals surface area contributed by atoms with E-state index in [-0.39, 0.29) is 11.7 Å². The quantitative estimate of drug-likeness (QED) is 0.661. The molecule has 4 nitrogen and oxygen atoms in total. The Morgan fingerprint density at radius 3 is 2.96 bits per heavy atom. The Labute approximate surface area is 143 Å². The Morgan fingerprint density at radius 1 is 1.25 bits per heavy atom. The van der Waals surface area contributed by atoms with Crippen molar-refractivity contribution in [3.63, 3.8) is 0 Å². The van der Waals surface area contributed by atoms with Crippen molar-refractivity contribution in [2.24, 2.45) is 7.05 Å². The lowest BCUT2D eigenvalue weighted by molar-refractivity contribution is 0.0983. The third-order valence-electron chi connectivity index (χ3n) is 5.05. The Bertz CT molecular complexity index is 998. The van der Waals surface area contributed by atoms with Crippen LogP contribution in [-0.2, 0) is 7.05 Å². The van der Waals surface area contributed by atoms with E-state index in [1.807, 2.05) is 17.0 Å². The van der Waals surface area contributed by atoms with Crippen LogP contribution in [0.2, 0.25) is 0 Å². The number of ether oxygens (including phenoxy) is 2. The summed E-state index contributed by atoms with van der Waals surface area (Å²) in [6.45, 7) is 3.33. The summed E-state index contributed by atoms with van der Waals surface area (Å²) in [5.41, 5.74) is 4.31. The normalized spacial score (nSPS) is 19.1. The molecule has 1 unspecified atom stereocenters. The summed E-state index contributed by atoms with van der Waals surface area (Å²) < 4.78 is 13.5. The molecule has 2 aromatic heterocycles. The van der Waals surface area contributed by atoms with Gasteiger partial charge in [0.05, 0.1) is 10.6 Å². The second kappa shape index (κ2) is 4.86. The van der Waals surface area contributed by atoms with E-state index in [1.165, 1.54) is 10.9 Å². The van der Waals surface area contributed by atoms with E-state index in [0.717, 1.165) is 33.2 Å². The van der Waals surface area contributed by atoms with Crippen LogP contribution in [0.25, 0.3) is 21.3 Å². The summed E-state index contributed by atoms with van der Waals surface area (Å²) in [6, 6.07) is 6.42. The van der Waals surface area contributed by atoms with Crippen LogP contribution in [0.1, 0.15) is 35.3 Å². The minimum atomic E-state index is 0.253. The highest BCUT2D eigenvalue weighted by atomic mass is 32.1. The fourth-order valence-electron chi connectivity index (χ4n) is 3.99. The number of aromatic nitrogens is 1. The summed E-state index contributed by atoms with van der Waals surface area (Å²) in [5.74, 6) is 2.22. The zero-order valence-electron chi connectivity index (χ0n) is 13.6. The number of rotatable bonds is 1. The van der Waals surface area contributed by atoms with Gasteiger partial charge in [-0.05, 0) is 29.2 Å². The predicted octanol–water partition coefficient (Wildman–Crippen LogP) is 4.37. The average molecular weight is 339 g/mol. The third-order valence-corrected chi connectivity index (χ3v) is 6.04. The van der Waals surface area contributed by atoms with Gasteiger partial charge in [0, 0.05) is 29.8 Å². The Morgan fingerprint density at radius 2 is 2.08 bits per heavy atom. The molecule has 3 aromatic rings. The molecule has 0 saturated heterocycles. The SMILES string of the molecule is CC1CC(=O)c2c1c1cc(-c3scc4c3OCCO4)ccc1n2C. The number of nitrogens with zero attached hydrogens (tertiary/aromatic N) is 1. The van der Waals surface area contributed by atoms with Gasteiger partial charge in [-0.1, -0.05) is 13.0 Å². The number of hydrogen-bond acceptors (Lipinski definition) is 4. The van der Waals surface area contributed by atoms with Gasteiger partial charge in [-0.3, -0.25) is 4.79 Å². The first kappa shape index (κ1) is 14.1. The topological polar surface area (TPSA) is 40.5 Å². The molecule has 0 bridgehead atoms. The standard InChI is InChI=1S/C19H17NO3S/c1-10-7-14(21)17-16(10)12-8-11(3-4-13(12)20(17)2)19-18-15(9-24-19)22-5-6-23-18/h3-4,8-10H,5-7H2,1-2H3. The van der Waals surface area contributed by atoms with Crippen LogP contribution in [0.3, 0.4) is 0 Å². The second-order valence-electron chi connectivity index (χ2n) is 6.54. The minimum absolute atomic E-state index is 0.253. The molecule has 5 heteroatoms. The van der Waals surface area contributed by atoms with Crippen LogP contribution in [0.15, 0.2) is 23.6 Å². The van der Waals surface area contributed by atoms with Crippen molar-refractivity contribution in [3.8, 4) is 21.9 Å². The molecule has 0 spiro atoms. The molecule has 122 valence electrons. The number of hydrogen-bond donors (Lipinski definition) is 0. The van der Waals surface area contributed by atoms with E-state index in [9.17, 15) is 4.79 Å². The lowest BCUT2D eigenvalue weighted by atomic mass is 10.0. The van der Waals surface area contributed by atoms with Crippen molar-refractivity contribution in [3.05, 3.63) is 34.8 Å². The largest absolute Gasteiger partial charge is 0.485 e. The molecule has 1 aliphatic heterocycles. The zero-order valence-corrected chi connectivity index (χ0v) is 14.4. The third kappa shape index (κ3) is 1.76. The van der Waals surface area contributed by atoms with Crippen LogP contribution in [0.5, 0.6) is 11.5 Å². The number of benzene rings is 1. The van der Waals surface area contributed by atoms with E-state index in [0.29, 0.717) is 19.6 Å². The smallest absolute Gasteiger partial charge is 0.180 e. The summed E-state index contributed by atoms with van der Waals surface area (Å²) in [7, 11) is 1.99. The Hall–Kier alpha value is -2.27. The molecule has 1 aliphatic carbocycles. The molecule has 0 amide bonds. The van der Waals surface area contributed by atoms with Gasteiger partial charge in [0.1, 0.15) is 13.2 Å². The summed E-state index contributed by atoms with van der Waals surface area (Å²) in [6.07, 6.45) is 0.615. The van der Waals surface area contributed by atoms with E-state index in [1.54, 1.807) is 11.3 Å². The van der Waals surface area contributed by atoms with Crippen molar-refractivity contribution in [2.45, 2.75) is 19.3 Å². The molecular formula is C19H17NO3S. The van der Waals surface area contributed by atoms with Crippen molar-refractivity contribution in [2.75, 3.05) is 13.2 Å². The van der Waals surface area contributed by atoms with Crippen molar-refractivity contribution in [1.82, 2.24) is 4.57 Å². The minimum Gasteiger partial charge on any atom is -0.485 e. The monoisotopic (exact) mass is 339 g/mol. The number of fused-ring (bicyclic) bond motifs is 4. The van der Waals surface area contributed by atoms with Gasteiger partial charge in [0.2, 0.25) is 0 Å². The molecule has 2 aliphatic rings. The van der Waals surface area contributed by atoms with E-state index in [4.69, 9.17) is 9.47 Å². The van der Waals surface area contributed by atoms with E-state index < -0.39 is 0 Å². The first-order chi connectivity index (χ1) is 11.6. The van der Waals surface area contributed by atoms with Crippen molar-refractivity contribution >= 4 is 28.0 Å². The van der Waals surface area contributed by atoms with E-state index >= 15 is 0 Å². The van der Waals surface area contributed by atoms with Gasteiger partial charge in [0.25, 0.3) is 0 Å². The molecule has 0 saturated carbocycles. The lowest BCUT2D eigenvalue weighted by Crippen LogP contribution is -2.14. The van der Waals surface area contributed by atoms with Gasteiger partial charge >= 0.3 is 0 Å². The van der Waals surface area contributed by atoms with Gasteiger partial charge in [-0.2, -0.15) is 0 Å². The average Bonchev–Trinajstić information content (AvgIpc) is 3.22. The van der Waals surface area contributed by atoms with Crippen molar-refractivity contribution in [1.29, 1.82) is 0 Å². The molecular weight excluding hydrogens is 322 g/mol. The highest BCUT2D eigenvalue weighted by molar-refractivity contribution is 7.14. The maximum absolute atomic E-state index is 12.3. The molecule has 1 atom stereocenters. The molecule has 0 radical (unpaired) electrons. The molecule has 3 heterocycles. The van der Waals surface area contributed by atoms with Gasteiger partial charge in [0.15, 0.2) is 17.3 Å². The number of ketones is 1. The van der Waals surface area contributed by atoms with Crippen LogP contribution in [-0.4, -0.2) is 23.6 Å². The number of aryl methyl sites for hydroxylation is 1. The number of thiophene rings is 1. The summed E-state index contributed by atoms with van der Waals surface area (Å²) >= 11 is 1.64. The Kier molecular flexibility index (Phi) is 2.86. The summed E-state index contributed by atoms with van der Waals surface area (Å²) in [4.78, 5) is 13.4. The maximum atomic E-state index is 12.3. The molecule has 5 rings (SSSR count). The first-order valence-corrected chi connectivity index (χ1v) is 9.06. The molecule has 0 fully saturated rings. The zero-order chi connectivity index (χ0) is 16.4. The fraction of sp³-hybridized carbons (Fsp3) is 0.316. The van der Waals surface area contributed by atoms with Crippen LogP contribution in [0, 0.1) is 0 Å². The van der Waals surface area contributed by atoms with Crippen LogP contribution < -0.4 is 9.47 Å². The molecule has 0 N–H and O–H groups in total. The Balaban J connectivity index is 1.74. The number of carbonyl (C=O) groups is 1. The fourth-order valence-corrected chi connectivity index (χ4v) is 4.92. The van der Waals surface area contributed by atoms with Crippen LogP contribution >= 0.6 is 11.3 Å². The van der Waals surface area contributed by atoms with E-state index in [2.05, 4.69) is 25.1 Å². The maximum Gasteiger partial charge on any atom is 0.180 e. The highest BCUT2D eigenvalue weighted by Gasteiger charge is 2.32. The van der Waals surface area contributed by atoms with Gasteiger partial charge in [-0.25, -0.2) is 0 Å². The number of Topliss-reactive ketones (excluding diaryl/α,β-unsaturated/α-hetero) is 1. The van der Waals surface area contributed by atoms with Crippen molar-refractivity contribution < 1.29 is 14.3 Å². The summed E-state index contributed by atoms with van der Waals surface area (Å²) in [5, 5.41) is 3.19. The van der Waals surface area contributed by atoms with Gasteiger partial charge < -0.3 is 14.0 Å². The number of carbonyl (C=O) groups excluding carboxylic acids is 1. The predicted molar refractivity (Wildman–Crippen MR) is 94.6 cm³/mol.